The molecule has 0 saturated carbocycles. The van der Waals surface area contributed by atoms with Crippen molar-refractivity contribution in [3.63, 3.8) is 0 Å². The van der Waals surface area contributed by atoms with E-state index in [1.807, 2.05) is 105 Å². The first kappa shape index (κ1) is 27.4. The van der Waals surface area contributed by atoms with Crippen LogP contribution in [0, 0.1) is 18.1 Å². The van der Waals surface area contributed by atoms with Gasteiger partial charge in [-0.15, -0.1) is 71.8 Å². The van der Waals surface area contributed by atoms with E-state index in [2.05, 4.69) is 59.9 Å². The molecular formula is C35H36IrN2Si-2. The minimum absolute atomic E-state index is 0. The van der Waals surface area contributed by atoms with E-state index in [0.29, 0.717) is 0 Å². The first-order chi connectivity index (χ1) is 19.1. The molecule has 0 saturated heterocycles. The second-order valence-corrected chi connectivity index (χ2v) is 15.6. The van der Waals surface area contributed by atoms with Crippen LogP contribution in [-0.2, 0) is 26.5 Å². The maximum absolute atomic E-state index is 8.55. The summed E-state index contributed by atoms with van der Waals surface area (Å²) in [6.07, 6.45) is 2.37. The first-order valence-electron chi connectivity index (χ1n) is 14.0. The molecule has 39 heavy (non-hydrogen) atoms. The fourth-order valence-electron chi connectivity index (χ4n) is 4.12. The monoisotopic (exact) mass is 707 g/mol. The fraction of sp³-hybridized carbons (Fsp3) is 0.200. The average molecular weight is 707 g/mol. The second-order valence-electron chi connectivity index (χ2n) is 10.5. The Hall–Kier alpha value is -3.17. The summed E-state index contributed by atoms with van der Waals surface area (Å²) in [6, 6.07) is 38.4. The summed E-state index contributed by atoms with van der Waals surface area (Å²) in [5.41, 5.74) is 6.86. The van der Waals surface area contributed by atoms with Crippen LogP contribution in [0.1, 0.15) is 22.2 Å². The summed E-state index contributed by atoms with van der Waals surface area (Å²) in [4.78, 5) is 8.99. The maximum Gasteiger partial charge on any atom is 0.0798 e. The van der Waals surface area contributed by atoms with Gasteiger partial charge in [-0.2, -0.15) is 0 Å². The summed E-state index contributed by atoms with van der Waals surface area (Å²) in [5, 5.41) is 1.10. The predicted molar refractivity (Wildman–Crippen MR) is 164 cm³/mol. The van der Waals surface area contributed by atoms with Crippen LogP contribution >= 0.6 is 0 Å². The van der Waals surface area contributed by atoms with Gasteiger partial charge in [-0.05, 0) is 46.1 Å². The van der Waals surface area contributed by atoms with Crippen molar-refractivity contribution in [2.75, 3.05) is 0 Å². The third kappa shape index (κ3) is 8.66. The molecule has 0 fully saturated rings. The van der Waals surface area contributed by atoms with Gasteiger partial charge >= 0.3 is 0 Å². The van der Waals surface area contributed by atoms with Gasteiger partial charge in [0, 0.05) is 35.2 Å². The van der Waals surface area contributed by atoms with Crippen molar-refractivity contribution >= 4 is 13.3 Å². The zero-order chi connectivity index (χ0) is 28.8. The van der Waals surface area contributed by atoms with Gasteiger partial charge in [0.25, 0.3) is 0 Å². The van der Waals surface area contributed by atoms with Crippen LogP contribution in [0.25, 0.3) is 33.6 Å². The fourth-order valence-corrected chi connectivity index (χ4v) is 5.53. The molecule has 0 spiro atoms. The van der Waals surface area contributed by atoms with E-state index in [9.17, 15) is 0 Å². The Kier molecular flexibility index (Phi) is 10.0. The Morgan fingerprint density at radius 1 is 0.744 bits per heavy atom. The molecule has 201 valence electrons. The Labute approximate surface area is 251 Å². The standard InChI is InChI=1S/C18H24NSi.C17H12N.Ir/c1-14(2)11-16-12-17(15-9-7-6-8-10-15)19-13-18(16)20(3,4)5;1-3-7-14(8-4-1)16-11-12-18-17(13-16)15-9-5-2-6-10-15;/h6-9,12-14H,11H2,1-5H3;1-9,11-13H;/q2*-1;/i11D2;;. The number of rotatable bonds is 6. The molecule has 2 aromatic heterocycles. The van der Waals surface area contributed by atoms with Crippen LogP contribution in [0.3, 0.4) is 0 Å². The van der Waals surface area contributed by atoms with E-state index in [0.717, 1.165) is 33.3 Å². The number of hydrogen-bond acceptors (Lipinski definition) is 2. The molecule has 0 aliphatic rings. The average Bonchev–Trinajstić information content (AvgIpc) is 2.98. The van der Waals surface area contributed by atoms with Crippen molar-refractivity contribution in [2.24, 2.45) is 5.92 Å². The summed E-state index contributed by atoms with van der Waals surface area (Å²) < 4.78 is 17.1. The Morgan fingerprint density at radius 2 is 1.33 bits per heavy atom. The minimum atomic E-state index is -1.67. The number of hydrogen-bond donors (Lipinski definition) is 0. The molecule has 0 aliphatic heterocycles. The van der Waals surface area contributed by atoms with Gasteiger partial charge in [0.1, 0.15) is 0 Å². The van der Waals surface area contributed by atoms with Crippen LogP contribution in [0.15, 0.2) is 109 Å². The molecule has 2 heterocycles. The van der Waals surface area contributed by atoms with E-state index in [1.165, 1.54) is 11.1 Å². The third-order valence-electron chi connectivity index (χ3n) is 5.99. The summed E-state index contributed by atoms with van der Waals surface area (Å²) in [7, 11) is -1.67. The zero-order valence-electron chi connectivity index (χ0n) is 25.2. The van der Waals surface area contributed by atoms with Gasteiger partial charge < -0.3 is 9.97 Å². The number of nitrogens with zero attached hydrogens (tertiary/aromatic N) is 2. The molecule has 5 rings (SSSR count). The van der Waals surface area contributed by atoms with Crippen molar-refractivity contribution in [3.8, 4) is 33.6 Å². The molecule has 0 bridgehead atoms. The van der Waals surface area contributed by atoms with Crippen molar-refractivity contribution in [3.05, 3.63) is 127 Å². The maximum atomic E-state index is 8.55. The molecule has 0 N–H and O–H groups in total. The molecule has 2 nitrogen and oxygen atoms in total. The molecule has 0 unspecified atom stereocenters. The largest absolute Gasteiger partial charge is 0.305 e. The number of pyridine rings is 2. The van der Waals surface area contributed by atoms with Crippen molar-refractivity contribution in [1.82, 2.24) is 9.97 Å². The summed E-state index contributed by atoms with van der Waals surface area (Å²) in [6.45, 7) is 10.6. The second kappa shape index (κ2) is 14.3. The van der Waals surface area contributed by atoms with Crippen LogP contribution in [0.5, 0.6) is 0 Å². The van der Waals surface area contributed by atoms with E-state index in [4.69, 9.17) is 2.74 Å². The van der Waals surface area contributed by atoms with Crippen molar-refractivity contribution in [2.45, 2.75) is 39.9 Å². The Balaban J connectivity index is 0.000000224. The third-order valence-corrected chi connectivity index (χ3v) is 8.01. The Morgan fingerprint density at radius 3 is 1.87 bits per heavy atom. The molecule has 0 atom stereocenters. The van der Waals surface area contributed by atoms with Gasteiger partial charge in [0.2, 0.25) is 0 Å². The molecule has 3 aromatic carbocycles. The van der Waals surface area contributed by atoms with E-state index < -0.39 is 14.4 Å². The van der Waals surface area contributed by atoms with Gasteiger partial charge in [-0.3, -0.25) is 0 Å². The summed E-state index contributed by atoms with van der Waals surface area (Å²) in [5.74, 6) is -0.0856. The molecule has 0 amide bonds. The smallest absolute Gasteiger partial charge is 0.0798 e. The summed E-state index contributed by atoms with van der Waals surface area (Å²) >= 11 is 0. The van der Waals surface area contributed by atoms with Crippen molar-refractivity contribution < 1.29 is 22.8 Å². The Bertz CT molecular complexity index is 1470. The molecular weight excluding hydrogens is 669 g/mol. The molecule has 1 radical (unpaired) electrons. The molecule has 4 heteroatoms. The number of aromatic nitrogens is 2. The van der Waals surface area contributed by atoms with Gasteiger partial charge in [-0.25, -0.2) is 0 Å². The normalized spacial score (nSPS) is 11.9. The minimum Gasteiger partial charge on any atom is -0.305 e. The van der Waals surface area contributed by atoms with Gasteiger partial charge in [0.05, 0.1) is 8.07 Å². The van der Waals surface area contributed by atoms with Crippen LogP contribution in [-0.4, -0.2) is 18.0 Å². The first-order valence-corrected chi connectivity index (χ1v) is 16.5. The van der Waals surface area contributed by atoms with Gasteiger partial charge in [0.15, 0.2) is 0 Å². The van der Waals surface area contributed by atoms with Crippen LogP contribution in [0.4, 0.5) is 0 Å². The van der Waals surface area contributed by atoms with E-state index >= 15 is 0 Å². The molecule has 0 aliphatic carbocycles. The van der Waals surface area contributed by atoms with E-state index in [1.54, 1.807) is 0 Å². The van der Waals surface area contributed by atoms with Crippen LogP contribution in [0.2, 0.25) is 19.6 Å². The number of benzene rings is 3. The SMILES string of the molecule is [2H]C([2H])(c1cc(-c2[c-]cccc2)ncc1[Si](C)(C)C)C(C)C.[Ir].[c-]1ccccc1-c1cc(-c2ccccc2)ccn1. The van der Waals surface area contributed by atoms with Gasteiger partial charge in [-0.1, -0.05) is 81.5 Å². The van der Waals surface area contributed by atoms with Crippen molar-refractivity contribution in [1.29, 1.82) is 0 Å². The predicted octanol–water partition coefficient (Wildman–Crippen LogP) is 8.51. The van der Waals surface area contributed by atoms with Crippen LogP contribution < -0.4 is 5.19 Å². The zero-order valence-corrected chi connectivity index (χ0v) is 26.6. The van der Waals surface area contributed by atoms with E-state index in [-0.39, 0.29) is 26.0 Å². The topological polar surface area (TPSA) is 25.8 Å². The molecule has 5 aromatic rings. The quantitative estimate of drug-likeness (QED) is 0.131.